The monoisotopic (exact) mass is 513 g/mol. The highest BCUT2D eigenvalue weighted by Crippen LogP contribution is 2.71. The molecule has 37 heavy (non-hydrogen) atoms. The van der Waals surface area contributed by atoms with Crippen LogP contribution in [0.4, 0.5) is 4.79 Å². The third kappa shape index (κ3) is 3.73. The van der Waals surface area contributed by atoms with E-state index in [0.717, 1.165) is 76.7 Å². The minimum absolute atomic E-state index is 0.0103. The zero-order valence-corrected chi connectivity index (χ0v) is 22.3. The number of nitrogens with zero attached hydrogens (tertiary/aromatic N) is 1. The number of nitrogens with one attached hydrogen (secondary N) is 2. The summed E-state index contributed by atoms with van der Waals surface area (Å²) >= 11 is 0. The van der Waals surface area contributed by atoms with Gasteiger partial charge in [-0.15, -0.1) is 0 Å². The van der Waals surface area contributed by atoms with Crippen LogP contribution in [0.2, 0.25) is 0 Å². The SMILES string of the molecule is C[C@]12CC[C@H](NC(=O)N3CCNCC3)C[C@@]1(O)CC[C@@H]1[C@@H]2CC[C@]2(C)[C@@H](c3ccc(=O)oc3)CC[C@]12O. The predicted octanol–water partition coefficient (Wildman–Crippen LogP) is 2.98. The van der Waals surface area contributed by atoms with Gasteiger partial charge in [0.2, 0.25) is 0 Å². The number of carbonyl (C=O) groups excluding carboxylic acids is 1. The second kappa shape index (κ2) is 8.82. The molecule has 2 heterocycles. The van der Waals surface area contributed by atoms with E-state index in [9.17, 15) is 19.8 Å². The quantitative estimate of drug-likeness (QED) is 0.483. The number of fused-ring (bicyclic) bond motifs is 5. The van der Waals surface area contributed by atoms with Crippen molar-refractivity contribution in [3.63, 3.8) is 0 Å². The third-order valence-corrected chi connectivity index (χ3v) is 11.8. The van der Waals surface area contributed by atoms with Crippen molar-refractivity contribution < 1.29 is 19.4 Å². The number of rotatable bonds is 2. The highest BCUT2D eigenvalue weighted by Gasteiger charge is 2.70. The van der Waals surface area contributed by atoms with Gasteiger partial charge in [-0.2, -0.15) is 0 Å². The van der Waals surface area contributed by atoms with Gasteiger partial charge in [0, 0.05) is 43.7 Å². The van der Waals surface area contributed by atoms with Crippen molar-refractivity contribution in [3.8, 4) is 0 Å². The molecule has 0 unspecified atom stereocenters. The summed E-state index contributed by atoms with van der Waals surface area (Å²) in [6.07, 6.45) is 8.86. The molecular weight excluding hydrogens is 470 g/mol. The molecular formula is C29H43N3O5. The Morgan fingerprint density at radius 2 is 1.73 bits per heavy atom. The number of hydrogen-bond donors (Lipinski definition) is 4. The maximum atomic E-state index is 12.9. The lowest BCUT2D eigenvalue weighted by Gasteiger charge is -2.66. The van der Waals surface area contributed by atoms with E-state index in [2.05, 4.69) is 24.5 Å². The van der Waals surface area contributed by atoms with E-state index >= 15 is 0 Å². The van der Waals surface area contributed by atoms with Gasteiger partial charge in [-0.05, 0) is 92.6 Å². The summed E-state index contributed by atoms with van der Waals surface area (Å²) in [4.78, 5) is 26.3. The second-order valence-electron chi connectivity index (χ2n) is 13.2. The highest BCUT2D eigenvalue weighted by molar-refractivity contribution is 5.74. The van der Waals surface area contributed by atoms with Gasteiger partial charge >= 0.3 is 11.7 Å². The molecule has 1 aliphatic heterocycles. The summed E-state index contributed by atoms with van der Waals surface area (Å²) in [6, 6.07) is 3.33. The van der Waals surface area contributed by atoms with Crippen LogP contribution in [-0.4, -0.2) is 64.6 Å². The first-order valence-electron chi connectivity index (χ1n) is 14.4. The summed E-state index contributed by atoms with van der Waals surface area (Å²) in [7, 11) is 0. The minimum Gasteiger partial charge on any atom is -0.431 e. The normalized spacial score (nSPS) is 45.5. The molecule has 0 bridgehead atoms. The average molecular weight is 514 g/mol. The Morgan fingerprint density at radius 1 is 1.00 bits per heavy atom. The van der Waals surface area contributed by atoms with Gasteiger partial charge < -0.3 is 30.2 Å². The number of piperazine rings is 1. The molecule has 0 spiro atoms. The van der Waals surface area contributed by atoms with Crippen molar-refractivity contribution in [1.29, 1.82) is 0 Å². The molecule has 4 N–H and O–H groups in total. The molecule has 0 radical (unpaired) electrons. The second-order valence-corrected chi connectivity index (χ2v) is 13.2. The molecule has 5 aliphatic rings. The van der Waals surface area contributed by atoms with Crippen LogP contribution in [0, 0.1) is 22.7 Å². The fourth-order valence-corrected chi connectivity index (χ4v) is 9.58. The van der Waals surface area contributed by atoms with Gasteiger partial charge in [-0.1, -0.05) is 13.8 Å². The Morgan fingerprint density at radius 3 is 2.46 bits per heavy atom. The number of amides is 2. The van der Waals surface area contributed by atoms with E-state index in [-0.39, 0.29) is 46.3 Å². The summed E-state index contributed by atoms with van der Waals surface area (Å²) in [5.41, 5.74) is -1.52. The molecule has 8 atom stereocenters. The summed E-state index contributed by atoms with van der Waals surface area (Å²) in [5.74, 6) is 0.554. The van der Waals surface area contributed by atoms with Crippen LogP contribution in [0.1, 0.15) is 83.1 Å². The molecule has 5 fully saturated rings. The average Bonchev–Trinajstić information content (AvgIpc) is 3.17. The standard InChI is InChI=1S/C29H43N3O5/c1-26-9-5-20(31-25(34)32-15-13-30-14-16-32)17-28(26,35)11-7-23-22(26)6-10-27(2)21(8-12-29(23,27)36)19-3-4-24(33)37-18-19/h3-4,18,20-23,30,35-36H,5-17H2,1-2H3,(H,31,34)/t20-,21+,22-,23+,26+,27+,28-,29-/m0/s1. The fourth-order valence-electron chi connectivity index (χ4n) is 9.58. The summed E-state index contributed by atoms with van der Waals surface area (Å²) < 4.78 is 5.20. The first-order chi connectivity index (χ1) is 17.6. The number of urea groups is 1. The lowest BCUT2D eigenvalue weighted by molar-refractivity contribution is -0.247. The van der Waals surface area contributed by atoms with Crippen molar-refractivity contribution in [2.75, 3.05) is 26.2 Å². The molecule has 2 amide bonds. The number of carbonyl (C=O) groups is 1. The van der Waals surface area contributed by atoms with E-state index in [0.29, 0.717) is 12.8 Å². The fraction of sp³-hybridized carbons (Fsp3) is 0.793. The summed E-state index contributed by atoms with van der Waals surface area (Å²) in [6.45, 7) is 7.57. The third-order valence-electron chi connectivity index (χ3n) is 11.8. The first kappa shape index (κ1) is 25.4. The van der Waals surface area contributed by atoms with Crippen molar-refractivity contribution in [1.82, 2.24) is 15.5 Å². The zero-order valence-electron chi connectivity index (χ0n) is 22.3. The van der Waals surface area contributed by atoms with Crippen molar-refractivity contribution in [3.05, 3.63) is 34.4 Å². The van der Waals surface area contributed by atoms with E-state index in [1.54, 1.807) is 6.26 Å². The predicted molar refractivity (Wildman–Crippen MR) is 139 cm³/mol. The molecule has 8 heteroatoms. The molecule has 4 aliphatic carbocycles. The van der Waals surface area contributed by atoms with Crippen LogP contribution in [0.3, 0.4) is 0 Å². The van der Waals surface area contributed by atoms with E-state index < -0.39 is 11.2 Å². The van der Waals surface area contributed by atoms with Gasteiger partial charge in [0.25, 0.3) is 0 Å². The van der Waals surface area contributed by atoms with Gasteiger partial charge in [0.1, 0.15) is 0 Å². The van der Waals surface area contributed by atoms with Crippen LogP contribution in [0.25, 0.3) is 0 Å². The highest BCUT2D eigenvalue weighted by atomic mass is 16.4. The van der Waals surface area contributed by atoms with E-state index in [1.807, 2.05) is 11.0 Å². The van der Waals surface area contributed by atoms with Crippen molar-refractivity contribution in [2.24, 2.45) is 22.7 Å². The molecule has 4 saturated carbocycles. The topological polar surface area (TPSA) is 115 Å². The molecule has 204 valence electrons. The Kier molecular flexibility index (Phi) is 6.05. The van der Waals surface area contributed by atoms with Crippen LogP contribution in [0.5, 0.6) is 0 Å². The van der Waals surface area contributed by atoms with Crippen LogP contribution >= 0.6 is 0 Å². The lowest BCUT2D eigenvalue weighted by Crippen LogP contribution is -2.68. The van der Waals surface area contributed by atoms with Crippen LogP contribution in [0.15, 0.2) is 27.6 Å². The van der Waals surface area contributed by atoms with Crippen molar-refractivity contribution >= 4 is 6.03 Å². The summed E-state index contributed by atoms with van der Waals surface area (Å²) in [5, 5.41) is 31.1. The Hall–Kier alpha value is -1.90. The maximum absolute atomic E-state index is 12.9. The first-order valence-corrected chi connectivity index (χ1v) is 14.4. The molecule has 1 aromatic heterocycles. The lowest BCUT2D eigenvalue weighted by atomic mass is 9.42. The van der Waals surface area contributed by atoms with E-state index in [1.165, 1.54) is 6.07 Å². The van der Waals surface area contributed by atoms with Gasteiger partial charge in [0.15, 0.2) is 0 Å². The largest absolute Gasteiger partial charge is 0.431 e. The smallest absolute Gasteiger partial charge is 0.335 e. The van der Waals surface area contributed by atoms with Crippen molar-refractivity contribution in [2.45, 2.75) is 94.8 Å². The zero-order chi connectivity index (χ0) is 26.1. The number of aliphatic hydroxyl groups is 2. The van der Waals surface area contributed by atoms with Gasteiger partial charge in [-0.3, -0.25) is 0 Å². The van der Waals surface area contributed by atoms with Crippen LogP contribution in [-0.2, 0) is 0 Å². The van der Waals surface area contributed by atoms with Gasteiger partial charge in [-0.25, -0.2) is 9.59 Å². The Bertz CT molecular complexity index is 1080. The molecule has 0 aromatic carbocycles. The molecule has 6 rings (SSSR count). The Balaban J connectivity index is 1.20. The molecule has 8 nitrogen and oxygen atoms in total. The molecule has 1 aromatic rings. The maximum Gasteiger partial charge on any atom is 0.335 e. The Labute approximate surface area is 219 Å². The van der Waals surface area contributed by atoms with Crippen LogP contribution < -0.4 is 16.3 Å². The minimum atomic E-state index is -0.835. The molecule has 1 saturated heterocycles. The number of hydrogen-bond acceptors (Lipinski definition) is 6. The van der Waals surface area contributed by atoms with E-state index in [4.69, 9.17) is 4.42 Å². The van der Waals surface area contributed by atoms with Gasteiger partial charge in [0.05, 0.1) is 17.5 Å².